The molecule has 19 heavy (non-hydrogen) atoms. The summed E-state index contributed by atoms with van der Waals surface area (Å²) >= 11 is 11.6. The third-order valence-corrected chi connectivity index (χ3v) is 4.17. The lowest BCUT2D eigenvalue weighted by atomic mass is 10.3. The van der Waals surface area contributed by atoms with E-state index in [0.29, 0.717) is 5.02 Å². The summed E-state index contributed by atoms with van der Waals surface area (Å²) in [5, 5.41) is 11.3. The fourth-order valence-electron chi connectivity index (χ4n) is 1.25. The van der Waals surface area contributed by atoms with Crippen molar-refractivity contribution in [1.82, 2.24) is 0 Å². The van der Waals surface area contributed by atoms with Crippen LogP contribution in [-0.2, 0) is 14.6 Å². The Bertz CT molecular complexity index is 623. The standard InChI is InChI=1S/C11H10Cl2N2O3S/c12-8-2-3-9(13)10(6-8)15-11(16)7-19(17,18)5-1-4-14/h2-3,6H,1,5,7H2,(H,15,16). The van der Waals surface area contributed by atoms with Crippen LogP contribution in [0.4, 0.5) is 5.69 Å². The molecule has 1 aromatic carbocycles. The van der Waals surface area contributed by atoms with Crippen LogP contribution >= 0.6 is 23.2 Å². The van der Waals surface area contributed by atoms with Crippen LogP contribution in [0.5, 0.6) is 0 Å². The van der Waals surface area contributed by atoms with Gasteiger partial charge in [-0.05, 0) is 18.2 Å². The van der Waals surface area contributed by atoms with Gasteiger partial charge in [-0.25, -0.2) is 8.42 Å². The number of carbonyl (C=O) groups excluding carboxylic acids is 1. The second-order valence-corrected chi connectivity index (χ2v) is 6.70. The number of hydrogen-bond acceptors (Lipinski definition) is 4. The van der Waals surface area contributed by atoms with E-state index in [9.17, 15) is 13.2 Å². The summed E-state index contributed by atoms with van der Waals surface area (Å²) in [4.78, 5) is 11.6. The Morgan fingerprint density at radius 1 is 1.37 bits per heavy atom. The molecule has 0 saturated heterocycles. The molecular weight excluding hydrogens is 311 g/mol. The predicted molar refractivity (Wildman–Crippen MR) is 74.0 cm³/mol. The molecule has 0 radical (unpaired) electrons. The van der Waals surface area contributed by atoms with Crippen molar-refractivity contribution in [1.29, 1.82) is 5.26 Å². The Kier molecular flexibility index (Phi) is 5.60. The number of nitrogens with one attached hydrogen (secondary N) is 1. The lowest BCUT2D eigenvalue weighted by Crippen LogP contribution is -2.24. The third kappa shape index (κ3) is 5.47. The highest BCUT2D eigenvalue weighted by Crippen LogP contribution is 2.25. The number of amides is 1. The number of nitriles is 1. The maximum absolute atomic E-state index is 11.6. The fourth-order valence-corrected chi connectivity index (χ4v) is 2.61. The van der Waals surface area contributed by atoms with E-state index in [1.54, 1.807) is 12.1 Å². The van der Waals surface area contributed by atoms with Gasteiger partial charge in [0.15, 0.2) is 9.84 Å². The number of sulfone groups is 1. The summed E-state index contributed by atoms with van der Waals surface area (Å²) in [5.41, 5.74) is 0.245. The van der Waals surface area contributed by atoms with Gasteiger partial charge in [-0.1, -0.05) is 23.2 Å². The summed E-state index contributed by atoms with van der Waals surface area (Å²) in [7, 11) is -3.60. The van der Waals surface area contributed by atoms with Crippen LogP contribution in [0.2, 0.25) is 10.0 Å². The van der Waals surface area contributed by atoms with Gasteiger partial charge in [-0.3, -0.25) is 4.79 Å². The molecule has 0 aliphatic rings. The number of rotatable bonds is 5. The smallest absolute Gasteiger partial charge is 0.239 e. The van der Waals surface area contributed by atoms with Gasteiger partial charge in [0.05, 0.1) is 22.5 Å². The monoisotopic (exact) mass is 320 g/mol. The Balaban J connectivity index is 2.71. The minimum atomic E-state index is -3.60. The average molecular weight is 321 g/mol. The molecule has 5 nitrogen and oxygen atoms in total. The van der Waals surface area contributed by atoms with Crippen LogP contribution in [-0.4, -0.2) is 25.8 Å². The van der Waals surface area contributed by atoms with Gasteiger partial charge in [-0.15, -0.1) is 0 Å². The van der Waals surface area contributed by atoms with Crippen molar-refractivity contribution in [2.24, 2.45) is 0 Å². The molecule has 0 bridgehead atoms. The first kappa shape index (κ1) is 15.8. The van der Waals surface area contributed by atoms with Crippen molar-refractivity contribution in [3.8, 4) is 6.07 Å². The molecule has 0 spiro atoms. The molecule has 8 heteroatoms. The van der Waals surface area contributed by atoms with Crippen molar-refractivity contribution in [3.63, 3.8) is 0 Å². The van der Waals surface area contributed by atoms with Gasteiger partial charge in [0, 0.05) is 11.4 Å². The van der Waals surface area contributed by atoms with Crippen LogP contribution in [0.1, 0.15) is 6.42 Å². The van der Waals surface area contributed by atoms with E-state index in [1.807, 2.05) is 0 Å². The molecule has 0 atom stereocenters. The summed E-state index contributed by atoms with van der Waals surface area (Å²) in [6.07, 6.45) is -0.145. The molecule has 1 N–H and O–H groups in total. The van der Waals surface area contributed by atoms with E-state index >= 15 is 0 Å². The minimum Gasteiger partial charge on any atom is -0.324 e. The number of hydrogen-bond donors (Lipinski definition) is 1. The maximum atomic E-state index is 11.6. The van der Waals surface area contributed by atoms with Crippen molar-refractivity contribution in [2.75, 3.05) is 16.8 Å². The summed E-state index contributed by atoms with van der Waals surface area (Å²) in [6, 6.07) is 6.17. The van der Waals surface area contributed by atoms with Crippen molar-refractivity contribution in [2.45, 2.75) is 6.42 Å². The van der Waals surface area contributed by atoms with Crippen LogP contribution in [0.25, 0.3) is 0 Å². The Morgan fingerprint density at radius 3 is 2.68 bits per heavy atom. The largest absolute Gasteiger partial charge is 0.324 e. The topological polar surface area (TPSA) is 87.0 Å². The second-order valence-electron chi connectivity index (χ2n) is 3.67. The highest BCUT2D eigenvalue weighted by Gasteiger charge is 2.17. The molecular formula is C11H10Cl2N2O3S. The first-order valence-electron chi connectivity index (χ1n) is 5.16. The minimum absolute atomic E-state index is 0.145. The van der Waals surface area contributed by atoms with E-state index in [1.165, 1.54) is 12.1 Å². The highest BCUT2D eigenvalue weighted by molar-refractivity contribution is 7.92. The quantitative estimate of drug-likeness (QED) is 0.901. The molecule has 0 unspecified atom stereocenters. The van der Waals surface area contributed by atoms with E-state index in [0.717, 1.165) is 0 Å². The van der Waals surface area contributed by atoms with Gasteiger partial charge >= 0.3 is 0 Å². The molecule has 0 aliphatic carbocycles. The molecule has 0 fully saturated rings. The molecule has 0 aromatic heterocycles. The summed E-state index contributed by atoms with van der Waals surface area (Å²) in [5.74, 6) is -1.76. The average Bonchev–Trinajstić information content (AvgIpc) is 2.30. The molecule has 0 heterocycles. The maximum Gasteiger partial charge on any atom is 0.239 e. The number of benzene rings is 1. The zero-order valence-corrected chi connectivity index (χ0v) is 12.0. The van der Waals surface area contributed by atoms with Gasteiger partial charge in [0.1, 0.15) is 5.75 Å². The number of halogens is 2. The summed E-state index contributed by atoms with van der Waals surface area (Å²) in [6.45, 7) is 0. The number of anilines is 1. The lowest BCUT2D eigenvalue weighted by molar-refractivity contribution is -0.113. The molecule has 1 aromatic rings. The first-order chi connectivity index (χ1) is 8.84. The van der Waals surface area contributed by atoms with Crippen molar-refractivity contribution < 1.29 is 13.2 Å². The third-order valence-electron chi connectivity index (χ3n) is 2.08. The van der Waals surface area contributed by atoms with E-state index in [4.69, 9.17) is 28.5 Å². The van der Waals surface area contributed by atoms with E-state index in [2.05, 4.69) is 5.32 Å². The van der Waals surface area contributed by atoms with Gasteiger partial charge in [-0.2, -0.15) is 5.26 Å². The second kappa shape index (κ2) is 6.75. The molecule has 0 aliphatic heterocycles. The molecule has 0 saturated carbocycles. The normalized spacial score (nSPS) is 10.8. The first-order valence-corrected chi connectivity index (χ1v) is 7.74. The Labute approximate surface area is 121 Å². The van der Waals surface area contributed by atoms with Crippen LogP contribution in [0, 0.1) is 11.3 Å². The predicted octanol–water partition coefficient (Wildman–Crippen LogP) is 2.26. The van der Waals surface area contributed by atoms with Crippen molar-refractivity contribution in [3.05, 3.63) is 28.2 Å². The van der Waals surface area contributed by atoms with Crippen LogP contribution in [0.3, 0.4) is 0 Å². The number of carbonyl (C=O) groups is 1. The highest BCUT2D eigenvalue weighted by atomic mass is 35.5. The van der Waals surface area contributed by atoms with Gasteiger partial charge in [0.2, 0.25) is 5.91 Å². The summed E-state index contributed by atoms with van der Waals surface area (Å²) < 4.78 is 22.9. The zero-order chi connectivity index (χ0) is 14.5. The fraction of sp³-hybridized carbons (Fsp3) is 0.273. The number of nitrogens with zero attached hydrogens (tertiary/aromatic N) is 1. The van der Waals surface area contributed by atoms with Crippen molar-refractivity contribution >= 4 is 44.6 Å². The van der Waals surface area contributed by atoms with Gasteiger partial charge in [0.25, 0.3) is 0 Å². The SMILES string of the molecule is N#CCCS(=O)(=O)CC(=O)Nc1cc(Cl)ccc1Cl. The molecule has 1 rings (SSSR count). The van der Waals surface area contributed by atoms with Crippen LogP contribution < -0.4 is 5.32 Å². The lowest BCUT2D eigenvalue weighted by Gasteiger charge is -2.07. The Morgan fingerprint density at radius 2 is 2.05 bits per heavy atom. The Hall–Kier alpha value is -1.29. The van der Waals surface area contributed by atoms with Crippen LogP contribution in [0.15, 0.2) is 18.2 Å². The van der Waals surface area contributed by atoms with Gasteiger partial charge < -0.3 is 5.32 Å². The van der Waals surface area contributed by atoms with E-state index < -0.39 is 21.5 Å². The molecule has 1 amide bonds. The van der Waals surface area contributed by atoms with E-state index in [-0.39, 0.29) is 22.9 Å². The zero-order valence-electron chi connectivity index (χ0n) is 9.69. The molecule has 102 valence electrons.